The third-order valence-corrected chi connectivity index (χ3v) is 0.498. The molecule has 1 heteroatoms. The van der Waals surface area contributed by atoms with Crippen LogP contribution >= 0.6 is 0 Å². The first-order valence-corrected chi connectivity index (χ1v) is 1.95. The van der Waals surface area contributed by atoms with Crippen LogP contribution in [0.1, 0.15) is 0 Å². The second kappa shape index (κ2) is 3.22. The minimum atomic E-state index is 0.148. The van der Waals surface area contributed by atoms with Crippen molar-refractivity contribution in [2.75, 3.05) is 0 Å². The molecule has 0 aliphatic heterocycles. The van der Waals surface area contributed by atoms with Gasteiger partial charge in [-0.05, 0) is 12.2 Å². The van der Waals surface area contributed by atoms with Crippen molar-refractivity contribution in [1.29, 1.82) is 0 Å². The molecule has 7 heavy (non-hydrogen) atoms. The van der Waals surface area contributed by atoms with Gasteiger partial charge in [0, 0.05) is 0 Å². The summed E-state index contributed by atoms with van der Waals surface area (Å²) < 4.78 is 0. The largest absolute Gasteiger partial charge is 0.508 e. The van der Waals surface area contributed by atoms with Crippen molar-refractivity contribution in [3.05, 3.63) is 37.1 Å². The predicted molar refractivity (Wildman–Crippen MR) is 31.1 cm³/mol. The summed E-state index contributed by atoms with van der Waals surface area (Å²) >= 11 is 0. The van der Waals surface area contributed by atoms with Crippen molar-refractivity contribution < 1.29 is 5.11 Å². The fraction of sp³-hybridized carbons (Fsp3) is 0. The first-order chi connectivity index (χ1) is 3.31. The van der Waals surface area contributed by atoms with Crippen LogP contribution in [-0.4, -0.2) is 5.11 Å². The summed E-state index contributed by atoms with van der Waals surface area (Å²) in [5, 5.41) is 8.53. The maximum atomic E-state index is 8.53. The van der Waals surface area contributed by atoms with Crippen LogP contribution in [0.5, 0.6) is 0 Å². The van der Waals surface area contributed by atoms with Crippen LogP contribution in [0.3, 0.4) is 0 Å². The highest BCUT2D eigenvalue weighted by molar-refractivity contribution is 5.12. The lowest BCUT2D eigenvalue weighted by Gasteiger charge is -1.80. The van der Waals surface area contributed by atoms with E-state index < -0.39 is 0 Å². The molecule has 0 fully saturated rings. The predicted octanol–water partition coefficient (Wildman–Crippen LogP) is 1.80. The lowest BCUT2D eigenvalue weighted by atomic mass is 10.4. The summed E-state index contributed by atoms with van der Waals surface area (Å²) in [5.41, 5.74) is 0. The van der Waals surface area contributed by atoms with E-state index in [0.29, 0.717) is 0 Å². The molecule has 0 aromatic rings. The lowest BCUT2D eigenvalue weighted by Crippen LogP contribution is -1.66. The normalized spacial score (nSPS) is 10.6. The number of allylic oxidation sites excluding steroid dienone is 3. The highest BCUT2D eigenvalue weighted by atomic mass is 16.3. The fourth-order valence-electron chi connectivity index (χ4n) is 0.189. The molecule has 0 bridgehead atoms. The number of aliphatic hydroxyl groups is 1. The first-order valence-electron chi connectivity index (χ1n) is 1.95. The summed E-state index contributed by atoms with van der Waals surface area (Å²) in [5.74, 6) is 0.148. The van der Waals surface area contributed by atoms with Gasteiger partial charge in [0.25, 0.3) is 0 Å². The van der Waals surface area contributed by atoms with Gasteiger partial charge in [0.2, 0.25) is 0 Å². The van der Waals surface area contributed by atoms with Crippen LogP contribution in [0.2, 0.25) is 0 Å². The number of rotatable bonds is 2. The molecule has 0 aromatic heterocycles. The topological polar surface area (TPSA) is 20.2 Å². The molecule has 0 spiro atoms. The second-order valence-corrected chi connectivity index (χ2v) is 1.03. The second-order valence-electron chi connectivity index (χ2n) is 1.03. The van der Waals surface area contributed by atoms with Crippen molar-refractivity contribution >= 4 is 0 Å². The molecule has 1 nitrogen and oxygen atoms in total. The van der Waals surface area contributed by atoms with E-state index in [0.717, 1.165) is 0 Å². The molecule has 0 aliphatic carbocycles. The van der Waals surface area contributed by atoms with Gasteiger partial charge in [-0.3, -0.25) is 0 Å². The Kier molecular flexibility index (Phi) is 2.77. The van der Waals surface area contributed by atoms with Gasteiger partial charge in [0.1, 0.15) is 5.76 Å². The van der Waals surface area contributed by atoms with E-state index in [-0.39, 0.29) is 5.76 Å². The Hall–Kier alpha value is -0.980. The molecule has 0 amide bonds. The molecule has 0 saturated carbocycles. The molecule has 0 atom stereocenters. The van der Waals surface area contributed by atoms with Gasteiger partial charge in [-0.15, -0.1) is 0 Å². The standard InChI is InChI=1S/C6H8O/c1-3-5-6(7)4-2/h3-5,7H,1-2H2. The molecule has 0 aliphatic rings. The van der Waals surface area contributed by atoms with Gasteiger partial charge in [0.05, 0.1) is 0 Å². The van der Waals surface area contributed by atoms with Crippen molar-refractivity contribution in [1.82, 2.24) is 0 Å². The van der Waals surface area contributed by atoms with Crippen molar-refractivity contribution in [2.24, 2.45) is 0 Å². The number of hydrogen-bond acceptors (Lipinski definition) is 1. The van der Waals surface area contributed by atoms with E-state index in [2.05, 4.69) is 13.2 Å². The van der Waals surface area contributed by atoms with Gasteiger partial charge in [0.15, 0.2) is 0 Å². The van der Waals surface area contributed by atoms with Crippen molar-refractivity contribution in [3.8, 4) is 0 Å². The van der Waals surface area contributed by atoms with Gasteiger partial charge in [-0.25, -0.2) is 0 Å². The van der Waals surface area contributed by atoms with E-state index in [1.54, 1.807) is 0 Å². The summed E-state index contributed by atoms with van der Waals surface area (Å²) in [4.78, 5) is 0. The van der Waals surface area contributed by atoms with Gasteiger partial charge in [-0.2, -0.15) is 0 Å². The zero-order valence-corrected chi connectivity index (χ0v) is 4.09. The Bertz CT molecular complexity index is 101. The molecule has 0 unspecified atom stereocenters. The number of aliphatic hydroxyl groups excluding tert-OH is 1. The van der Waals surface area contributed by atoms with Crippen LogP contribution in [-0.2, 0) is 0 Å². The molecule has 0 saturated heterocycles. The first kappa shape index (κ1) is 6.02. The van der Waals surface area contributed by atoms with Crippen LogP contribution in [0.25, 0.3) is 0 Å². The van der Waals surface area contributed by atoms with Gasteiger partial charge >= 0.3 is 0 Å². The average molecular weight is 96.1 g/mol. The average Bonchev–Trinajstić information content (AvgIpc) is 1.68. The molecule has 0 heterocycles. The molecular weight excluding hydrogens is 88.1 g/mol. The smallest absolute Gasteiger partial charge is 0.114 e. The molecule has 0 radical (unpaired) electrons. The monoisotopic (exact) mass is 96.1 g/mol. The minimum absolute atomic E-state index is 0.148. The van der Waals surface area contributed by atoms with Crippen LogP contribution in [0, 0.1) is 0 Å². The highest BCUT2D eigenvalue weighted by Crippen LogP contribution is 1.85. The summed E-state index contributed by atoms with van der Waals surface area (Å²) in [6, 6.07) is 0. The van der Waals surface area contributed by atoms with Crippen LogP contribution < -0.4 is 0 Å². The van der Waals surface area contributed by atoms with E-state index in [1.165, 1.54) is 18.2 Å². The molecule has 0 rings (SSSR count). The number of hydrogen-bond donors (Lipinski definition) is 1. The maximum Gasteiger partial charge on any atom is 0.114 e. The van der Waals surface area contributed by atoms with Gasteiger partial charge < -0.3 is 5.11 Å². The molecule has 1 N–H and O–H groups in total. The Morgan fingerprint density at radius 2 is 2.00 bits per heavy atom. The lowest BCUT2D eigenvalue weighted by molar-refractivity contribution is 0.433. The zero-order valence-electron chi connectivity index (χ0n) is 4.09. The van der Waals surface area contributed by atoms with Crippen LogP contribution in [0.4, 0.5) is 0 Å². The Labute approximate surface area is 43.3 Å². The molecule has 0 aromatic carbocycles. The van der Waals surface area contributed by atoms with E-state index in [1.807, 2.05) is 0 Å². The SMILES string of the molecule is C=CC=C(O)C=C. The third-order valence-electron chi connectivity index (χ3n) is 0.498. The highest BCUT2D eigenvalue weighted by Gasteiger charge is 1.72. The summed E-state index contributed by atoms with van der Waals surface area (Å²) in [7, 11) is 0. The van der Waals surface area contributed by atoms with Gasteiger partial charge in [-0.1, -0.05) is 19.2 Å². The van der Waals surface area contributed by atoms with E-state index in [9.17, 15) is 0 Å². The molecule has 38 valence electrons. The fourth-order valence-corrected chi connectivity index (χ4v) is 0.189. The minimum Gasteiger partial charge on any atom is -0.508 e. The Morgan fingerprint density at radius 1 is 1.43 bits per heavy atom. The molecular formula is C6H8O. The van der Waals surface area contributed by atoms with Crippen molar-refractivity contribution in [3.63, 3.8) is 0 Å². The zero-order chi connectivity index (χ0) is 5.70. The maximum absolute atomic E-state index is 8.53. The quantitative estimate of drug-likeness (QED) is 0.410. The van der Waals surface area contributed by atoms with Crippen molar-refractivity contribution in [2.45, 2.75) is 0 Å². The summed E-state index contributed by atoms with van der Waals surface area (Å²) in [6.45, 7) is 6.68. The summed E-state index contributed by atoms with van der Waals surface area (Å²) in [6.07, 6.45) is 4.31. The van der Waals surface area contributed by atoms with E-state index >= 15 is 0 Å². The Balaban J connectivity index is 3.72. The van der Waals surface area contributed by atoms with E-state index in [4.69, 9.17) is 5.11 Å². The Morgan fingerprint density at radius 3 is 2.14 bits per heavy atom. The third kappa shape index (κ3) is 2.83. The van der Waals surface area contributed by atoms with Crippen LogP contribution in [0.15, 0.2) is 37.1 Å².